The first kappa shape index (κ1) is 22.0. The second kappa shape index (κ2) is 10.2. The standard InChI is InChI=1S/C17H24N4O6/c1-4-5-6-18-17(23)15(7-11(2)3)19-16(22)12-8-13(20(24)25)10-14(9-12)21(26)27/h8-11,15H,4-7H2,1-3H3,(H,18,23)(H,19,22). The molecule has 1 atom stereocenters. The van der Waals surface area contributed by atoms with Crippen molar-refractivity contribution in [3.8, 4) is 0 Å². The lowest BCUT2D eigenvalue weighted by molar-refractivity contribution is -0.394. The first-order valence-corrected chi connectivity index (χ1v) is 8.68. The minimum Gasteiger partial charge on any atom is -0.354 e. The maximum Gasteiger partial charge on any atom is 0.277 e. The number of carbonyl (C=O) groups excluding carboxylic acids is 2. The molecule has 2 N–H and O–H groups in total. The monoisotopic (exact) mass is 380 g/mol. The summed E-state index contributed by atoms with van der Waals surface area (Å²) in [6, 6.07) is 1.83. The summed E-state index contributed by atoms with van der Waals surface area (Å²) in [5.41, 5.74) is -1.38. The van der Waals surface area contributed by atoms with Crippen molar-refractivity contribution in [1.29, 1.82) is 0 Å². The van der Waals surface area contributed by atoms with Gasteiger partial charge in [-0.3, -0.25) is 29.8 Å². The smallest absolute Gasteiger partial charge is 0.277 e. The predicted octanol–water partition coefficient (Wildman–Crippen LogP) is 2.56. The molecular formula is C17H24N4O6. The van der Waals surface area contributed by atoms with Crippen molar-refractivity contribution < 1.29 is 19.4 Å². The molecular weight excluding hydrogens is 356 g/mol. The number of carbonyl (C=O) groups is 2. The lowest BCUT2D eigenvalue weighted by atomic mass is 10.0. The van der Waals surface area contributed by atoms with E-state index in [2.05, 4.69) is 10.6 Å². The summed E-state index contributed by atoms with van der Waals surface area (Å²) < 4.78 is 0. The van der Waals surface area contributed by atoms with Gasteiger partial charge < -0.3 is 10.6 Å². The molecule has 0 radical (unpaired) electrons. The molecule has 10 nitrogen and oxygen atoms in total. The van der Waals surface area contributed by atoms with Gasteiger partial charge in [-0.25, -0.2) is 0 Å². The van der Waals surface area contributed by atoms with Crippen LogP contribution in [0.15, 0.2) is 18.2 Å². The number of hydrogen-bond donors (Lipinski definition) is 2. The van der Waals surface area contributed by atoms with E-state index in [9.17, 15) is 29.8 Å². The van der Waals surface area contributed by atoms with E-state index >= 15 is 0 Å². The lowest BCUT2D eigenvalue weighted by Gasteiger charge is -2.20. The fourth-order valence-corrected chi connectivity index (χ4v) is 2.39. The minimum absolute atomic E-state index is 0.103. The van der Waals surface area contributed by atoms with Crippen LogP contribution in [0.3, 0.4) is 0 Å². The topological polar surface area (TPSA) is 144 Å². The summed E-state index contributed by atoms with van der Waals surface area (Å²) in [6.45, 7) is 6.23. The number of non-ortho nitro benzene ring substituents is 2. The molecule has 0 saturated heterocycles. The number of benzene rings is 1. The second-order valence-corrected chi connectivity index (χ2v) is 6.55. The molecule has 1 rings (SSSR count). The van der Waals surface area contributed by atoms with Crippen molar-refractivity contribution >= 4 is 23.2 Å². The van der Waals surface area contributed by atoms with E-state index in [4.69, 9.17) is 0 Å². The van der Waals surface area contributed by atoms with Gasteiger partial charge in [-0.1, -0.05) is 27.2 Å². The molecule has 0 saturated carbocycles. The number of rotatable bonds is 10. The van der Waals surface area contributed by atoms with Gasteiger partial charge in [-0.2, -0.15) is 0 Å². The summed E-state index contributed by atoms with van der Waals surface area (Å²) in [6.07, 6.45) is 2.06. The third-order valence-corrected chi connectivity index (χ3v) is 3.74. The van der Waals surface area contributed by atoms with E-state index in [-0.39, 0.29) is 17.4 Å². The number of nitro benzene ring substituents is 2. The van der Waals surface area contributed by atoms with E-state index in [1.807, 2.05) is 20.8 Å². The van der Waals surface area contributed by atoms with Crippen LogP contribution in [0.2, 0.25) is 0 Å². The molecule has 0 aliphatic heterocycles. The fourth-order valence-electron chi connectivity index (χ4n) is 2.39. The van der Waals surface area contributed by atoms with E-state index in [1.54, 1.807) is 0 Å². The van der Waals surface area contributed by atoms with Crippen molar-refractivity contribution in [2.45, 2.75) is 46.1 Å². The highest BCUT2D eigenvalue weighted by Crippen LogP contribution is 2.23. The SMILES string of the molecule is CCCCNC(=O)C(CC(C)C)NC(=O)c1cc([N+](=O)[O-])cc([N+](=O)[O-])c1. The molecule has 1 aromatic rings. The van der Waals surface area contributed by atoms with Gasteiger partial charge in [0.15, 0.2) is 0 Å². The summed E-state index contributed by atoms with van der Waals surface area (Å²) >= 11 is 0. The Bertz CT molecular complexity index is 687. The Morgan fingerprint density at radius 2 is 1.63 bits per heavy atom. The maximum atomic E-state index is 12.5. The quantitative estimate of drug-likeness (QED) is 0.362. The number of unbranched alkanes of at least 4 members (excludes halogenated alkanes) is 1. The Balaban J connectivity index is 3.04. The molecule has 1 aromatic carbocycles. The first-order valence-electron chi connectivity index (χ1n) is 8.68. The minimum atomic E-state index is -0.840. The number of nitrogens with one attached hydrogen (secondary N) is 2. The van der Waals surface area contributed by atoms with Gasteiger partial charge in [-0.05, 0) is 18.8 Å². The molecule has 1 unspecified atom stereocenters. The van der Waals surface area contributed by atoms with Crippen molar-refractivity contribution in [2.75, 3.05) is 6.54 Å². The first-order chi connectivity index (χ1) is 12.6. The van der Waals surface area contributed by atoms with Crippen LogP contribution in [0, 0.1) is 26.1 Å². The molecule has 0 heterocycles. The molecule has 27 heavy (non-hydrogen) atoms. The number of amides is 2. The summed E-state index contributed by atoms with van der Waals surface area (Å²) in [5, 5.41) is 27.2. The summed E-state index contributed by atoms with van der Waals surface area (Å²) in [7, 11) is 0. The van der Waals surface area contributed by atoms with Crippen LogP contribution in [0.5, 0.6) is 0 Å². The van der Waals surface area contributed by atoms with Gasteiger partial charge in [0.1, 0.15) is 6.04 Å². The molecule has 0 spiro atoms. The van der Waals surface area contributed by atoms with Gasteiger partial charge in [0.05, 0.1) is 21.5 Å². The lowest BCUT2D eigenvalue weighted by Crippen LogP contribution is -2.47. The number of hydrogen-bond acceptors (Lipinski definition) is 6. The zero-order valence-corrected chi connectivity index (χ0v) is 15.6. The zero-order valence-electron chi connectivity index (χ0n) is 15.6. The van der Waals surface area contributed by atoms with E-state index in [1.165, 1.54) is 0 Å². The van der Waals surface area contributed by atoms with Crippen LogP contribution >= 0.6 is 0 Å². The second-order valence-electron chi connectivity index (χ2n) is 6.55. The third kappa shape index (κ3) is 7.00. The zero-order chi connectivity index (χ0) is 20.6. The van der Waals surface area contributed by atoms with Crippen LogP contribution in [0.4, 0.5) is 11.4 Å². The fraction of sp³-hybridized carbons (Fsp3) is 0.529. The molecule has 0 bridgehead atoms. The van der Waals surface area contributed by atoms with Crippen LogP contribution in [0.25, 0.3) is 0 Å². The van der Waals surface area contributed by atoms with Crippen LogP contribution in [-0.4, -0.2) is 34.2 Å². The highest BCUT2D eigenvalue weighted by atomic mass is 16.6. The Morgan fingerprint density at radius 1 is 1.07 bits per heavy atom. The predicted molar refractivity (Wildman–Crippen MR) is 98.4 cm³/mol. The number of nitrogens with zero attached hydrogens (tertiary/aromatic N) is 2. The Hall–Kier alpha value is -3.04. The van der Waals surface area contributed by atoms with Gasteiger partial charge in [0.2, 0.25) is 5.91 Å². The average Bonchev–Trinajstić information content (AvgIpc) is 2.60. The van der Waals surface area contributed by atoms with Crippen LogP contribution in [-0.2, 0) is 4.79 Å². The van der Waals surface area contributed by atoms with Gasteiger partial charge >= 0.3 is 0 Å². The molecule has 0 aromatic heterocycles. The van der Waals surface area contributed by atoms with Crippen LogP contribution in [0.1, 0.15) is 50.4 Å². The van der Waals surface area contributed by atoms with Crippen molar-refractivity contribution in [1.82, 2.24) is 10.6 Å². The van der Waals surface area contributed by atoms with Crippen molar-refractivity contribution in [3.63, 3.8) is 0 Å². The molecule has 10 heteroatoms. The normalized spacial score (nSPS) is 11.7. The Labute approximate surface area is 156 Å². The largest absolute Gasteiger partial charge is 0.354 e. The Morgan fingerprint density at radius 3 is 2.07 bits per heavy atom. The molecule has 0 aliphatic carbocycles. The third-order valence-electron chi connectivity index (χ3n) is 3.74. The van der Waals surface area contributed by atoms with Gasteiger partial charge in [-0.15, -0.1) is 0 Å². The highest BCUT2D eigenvalue weighted by molar-refractivity contribution is 5.98. The van der Waals surface area contributed by atoms with Crippen LogP contribution < -0.4 is 10.6 Å². The average molecular weight is 380 g/mol. The molecule has 2 amide bonds. The van der Waals surface area contributed by atoms with E-state index in [0.717, 1.165) is 31.0 Å². The van der Waals surface area contributed by atoms with Gasteiger partial charge in [0, 0.05) is 18.7 Å². The summed E-state index contributed by atoms with van der Waals surface area (Å²) in [4.78, 5) is 45.1. The molecule has 0 aliphatic rings. The van der Waals surface area contributed by atoms with Crippen molar-refractivity contribution in [3.05, 3.63) is 44.0 Å². The number of nitro groups is 2. The van der Waals surface area contributed by atoms with Gasteiger partial charge in [0.25, 0.3) is 17.3 Å². The highest BCUT2D eigenvalue weighted by Gasteiger charge is 2.25. The molecule has 0 fully saturated rings. The Kier molecular flexibility index (Phi) is 8.31. The van der Waals surface area contributed by atoms with E-state index < -0.39 is 33.2 Å². The summed E-state index contributed by atoms with van der Waals surface area (Å²) in [5.74, 6) is -1.03. The van der Waals surface area contributed by atoms with E-state index in [0.29, 0.717) is 13.0 Å². The maximum absolute atomic E-state index is 12.5. The molecule has 148 valence electrons. The van der Waals surface area contributed by atoms with Crippen molar-refractivity contribution in [2.24, 2.45) is 5.92 Å².